The van der Waals surface area contributed by atoms with Gasteiger partial charge >= 0.3 is 0 Å². The van der Waals surface area contributed by atoms with Crippen LogP contribution < -0.4 is 10.6 Å². The summed E-state index contributed by atoms with van der Waals surface area (Å²) in [5.41, 5.74) is 10.5. The Bertz CT molecular complexity index is 1370. The van der Waals surface area contributed by atoms with Crippen LogP contribution in [0.2, 0.25) is 0 Å². The quantitative estimate of drug-likeness (QED) is 0.237. The SMILES string of the molecule is CN/C(C)=C\C(C)=C(/C=O)Cc1cc2cc(-c3cc4c(s3)CCNC4)cn2c(C(C)N2CCOCC2)c1C. The molecule has 7 heteroatoms. The molecule has 2 aliphatic heterocycles. The van der Waals surface area contributed by atoms with Gasteiger partial charge in [-0.3, -0.25) is 9.69 Å². The molecule has 1 fully saturated rings. The van der Waals surface area contributed by atoms with E-state index in [4.69, 9.17) is 4.74 Å². The van der Waals surface area contributed by atoms with E-state index in [9.17, 15) is 4.79 Å². The number of allylic oxidation sites excluding steroid dienone is 4. The summed E-state index contributed by atoms with van der Waals surface area (Å²) < 4.78 is 8.05. The molecule has 3 aromatic heterocycles. The van der Waals surface area contributed by atoms with Crippen LogP contribution in [0.15, 0.2) is 47.3 Å². The molecule has 0 spiro atoms. The number of morpholine rings is 1. The van der Waals surface area contributed by atoms with Crippen LogP contribution >= 0.6 is 11.3 Å². The lowest BCUT2D eigenvalue weighted by molar-refractivity contribution is -0.105. The van der Waals surface area contributed by atoms with Crippen LogP contribution in [0.4, 0.5) is 0 Å². The lowest BCUT2D eigenvalue weighted by Gasteiger charge is -2.34. The Labute approximate surface area is 230 Å². The minimum absolute atomic E-state index is 0.235. The molecule has 0 amide bonds. The molecule has 38 heavy (non-hydrogen) atoms. The van der Waals surface area contributed by atoms with Gasteiger partial charge in [0.25, 0.3) is 0 Å². The maximum atomic E-state index is 12.2. The molecule has 0 aliphatic carbocycles. The molecule has 2 N–H and O–H groups in total. The minimum atomic E-state index is 0.235. The fourth-order valence-electron chi connectivity index (χ4n) is 5.77. The van der Waals surface area contributed by atoms with Crippen LogP contribution in [0.1, 0.15) is 54.1 Å². The van der Waals surface area contributed by atoms with E-state index in [0.29, 0.717) is 6.42 Å². The topological polar surface area (TPSA) is 58.0 Å². The molecule has 5 rings (SSSR count). The smallest absolute Gasteiger partial charge is 0.146 e. The van der Waals surface area contributed by atoms with Crippen molar-refractivity contribution >= 4 is 23.1 Å². The summed E-state index contributed by atoms with van der Waals surface area (Å²) in [5, 5.41) is 6.66. The molecule has 3 aromatic rings. The van der Waals surface area contributed by atoms with Gasteiger partial charge in [0.2, 0.25) is 0 Å². The number of carbonyl (C=O) groups is 1. The first kappa shape index (κ1) is 26.9. The number of aromatic nitrogens is 1. The van der Waals surface area contributed by atoms with E-state index in [1.54, 1.807) is 0 Å². The fourth-order valence-corrected chi connectivity index (χ4v) is 6.93. The van der Waals surface area contributed by atoms with Crippen molar-refractivity contribution in [3.8, 4) is 10.4 Å². The lowest BCUT2D eigenvalue weighted by Crippen LogP contribution is -2.38. The average molecular weight is 533 g/mol. The Kier molecular flexibility index (Phi) is 8.19. The molecule has 202 valence electrons. The Hall–Kier alpha value is -2.71. The Balaban J connectivity index is 1.62. The van der Waals surface area contributed by atoms with Gasteiger partial charge in [0, 0.05) is 84.1 Å². The molecule has 0 radical (unpaired) electrons. The molecular formula is C31H40N4O2S. The van der Waals surface area contributed by atoms with E-state index >= 15 is 0 Å². The second kappa shape index (κ2) is 11.6. The maximum Gasteiger partial charge on any atom is 0.146 e. The molecule has 0 aromatic carbocycles. The number of hydrogen-bond acceptors (Lipinski definition) is 6. The highest BCUT2D eigenvalue weighted by Crippen LogP contribution is 2.37. The summed E-state index contributed by atoms with van der Waals surface area (Å²) >= 11 is 1.93. The highest BCUT2D eigenvalue weighted by Gasteiger charge is 2.25. The number of nitrogens with one attached hydrogen (secondary N) is 2. The predicted molar refractivity (Wildman–Crippen MR) is 157 cm³/mol. The third-order valence-electron chi connectivity index (χ3n) is 8.17. The molecule has 1 atom stereocenters. The summed E-state index contributed by atoms with van der Waals surface area (Å²) in [5.74, 6) is 0. The van der Waals surface area contributed by atoms with Crippen LogP contribution in [0.5, 0.6) is 0 Å². The zero-order chi connectivity index (χ0) is 26.8. The number of carbonyl (C=O) groups excluding carboxylic acids is 1. The summed E-state index contributed by atoms with van der Waals surface area (Å²) in [6.07, 6.45) is 7.13. The first-order valence-corrected chi connectivity index (χ1v) is 14.5. The van der Waals surface area contributed by atoms with Gasteiger partial charge in [0.15, 0.2) is 0 Å². The zero-order valence-electron chi connectivity index (χ0n) is 23.3. The van der Waals surface area contributed by atoms with Crippen LogP contribution in [0.3, 0.4) is 0 Å². The summed E-state index contributed by atoms with van der Waals surface area (Å²) in [4.78, 5) is 17.6. The van der Waals surface area contributed by atoms with Crippen molar-refractivity contribution in [2.45, 2.75) is 53.1 Å². The number of aldehydes is 1. The molecule has 1 saturated heterocycles. The number of ether oxygens (including phenoxy) is 1. The van der Waals surface area contributed by atoms with E-state index in [1.807, 2.05) is 32.2 Å². The van der Waals surface area contributed by atoms with Gasteiger partial charge in [-0.15, -0.1) is 11.3 Å². The Morgan fingerprint density at radius 1 is 1.24 bits per heavy atom. The summed E-state index contributed by atoms with van der Waals surface area (Å²) in [6, 6.07) is 7.21. The van der Waals surface area contributed by atoms with Gasteiger partial charge in [-0.2, -0.15) is 0 Å². The highest BCUT2D eigenvalue weighted by molar-refractivity contribution is 7.15. The molecule has 0 bridgehead atoms. The number of pyridine rings is 1. The number of rotatable bonds is 8. The van der Waals surface area contributed by atoms with E-state index in [1.165, 1.54) is 43.2 Å². The van der Waals surface area contributed by atoms with Gasteiger partial charge in [-0.1, -0.05) is 0 Å². The Morgan fingerprint density at radius 3 is 2.74 bits per heavy atom. The van der Waals surface area contributed by atoms with Crippen molar-refractivity contribution in [3.63, 3.8) is 0 Å². The van der Waals surface area contributed by atoms with Gasteiger partial charge in [0.1, 0.15) is 6.29 Å². The standard InChI is InChI=1S/C31H40N4O2S/c1-20(12-21(2)32-5)27(19-36)13-24-14-28-15-26(30-16-25-17-33-7-6-29(25)38-30)18-35(28)31(22(24)3)23(4)34-8-10-37-11-9-34/h12,14-16,18-19,23,32-33H,6-11,13,17H2,1-5H3/b21-12-,27-20-. The first-order valence-electron chi connectivity index (χ1n) is 13.7. The van der Waals surface area contributed by atoms with Crippen molar-refractivity contribution in [2.75, 3.05) is 39.9 Å². The molecule has 2 aliphatic rings. The average Bonchev–Trinajstić information content (AvgIpc) is 3.56. The van der Waals surface area contributed by atoms with Crippen molar-refractivity contribution in [1.82, 2.24) is 19.9 Å². The van der Waals surface area contributed by atoms with E-state index in [-0.39, 0.29) is 6.04 Å². The van der Waals surface area contributed by atoms with E-state index in [2.05, 4.69) is 64.3 Å². The lowest BCUT2D eigenvalue weighted by atomic mass is 9.94. The fraction of sp³-hybridized carbons (Fsp3) is 0.452. The second-order valence-electron chi connectivity index (χ2n) is 10.6. The third kappa shape index (κ3) is 5.38. The highest BCUT2D eigenvalue weighted by atomic mass is 32.1. The number of thiophene rings is 1. The van der Waals surface area contributed by atoms with Crippen LogP contribution in [0.25, 0.3) is 16.0 Å². The Morgan fingerprint density at radius 2 is 2.03 bits per heavy atom. The number of hydrogen-bond donors (Lipinski definition) is 2. The van der Waals surface area contributed by atoms with Crippen LogP contribution in [0, 0.1) is 6.92 Å². The van der Waals surface area contributed by atoms with Gasteiger partial charge in [-0.05, 0) is 86.2 Å². The normalized spacial score (nSPS) is 18.3. The largest absolute Gasteiger partial charge is 0.392 e. The van der Waals surface area contributed by atoms with Crippen LogP contribution in [-0.2, 0) is 28.9 Å². The van der Waals surface area contributed by atoms with Crippen molar-refractivity contribution < 1.29 is 9.53 Å². The maximum absolute atomic E-state index is 12.2. The third-order valence-corrected chi connectivity index (χ3v) is 9.46. The summed E-state index contributed by atoms with van der Waals surface area (Å²) in [7, 11) is 1.90. The molecule has 1 unspecified atom stereocenters. The zero-order valence-corrected chi connectivity index (χ0v) is 24.1. The van der Waals surface area contributed by atoms with Crippen molar-refractivity contribution in [1.29, 1.82) is 0 Å². The molecule has 6 nitrogen and oxygen atoms in total. The predicted octanol–water partition coefficient (Wildman–Crippen LogP) is 5.20. The van der Waals surface area contributed by atoms with Crippen molar-refractivity contribution in [3.05, 3.63) is 74.6 Å². The van der Waals surface area contributed by atoms with Crippen molar-refractivity contribution in [2.24, 2.45) is 0 Å². The van der Waals surface area contributed by atoms with Gasteiger partial charge in [0.05, 0.1) is 13.2 Å². The summed E-state index contributed by atoms with van der Waals surface area (Å²) in [6.45, 7) is 14.0. The molecule has 0 saturated carbocycles. The van der Waals surface area contributed by atoms with Crippen LogP contribution in [-0.4, -0.2) is 55.5 Å². The molecule has 5 heterocycles. The first-order chi connectivity index (χ1) is 18.4. The number of fused-ring (bicyclic) bond motifs is 2. The number of nitrogens with zero attached hydrogens (tertiary/aromatic N) is 2. The minimum Gasteiger partial charge on any atom is -0.392 e. The van der Waals surface area contributed by atoms with Gasteiger partial charge in [-0.25, -0.2) is 0 Å². The van der Waals surface area contributed by atoms with E-state index < -0.39 is 0 Å². The van der Waals surface area contributed by atoms with Gasteiger partial charge < -0.3 is 19.8 Å². The monoisotopic (exact) mass is 532 g/mol. The van der Waals surface area contributed by atoms with E-state index in [0.717, 1.165) is 68.9 Å². The second-order valence-corrected chi connectivity index (χ2v) is 11.7. The molecular weight excluding hydrogens is 492 g/mol.